The van der Waals surface area contributed by atoms with Gasteiger partial charge >= 0.3 is 51.4 Å². The Morgan fingerprint density at radius 3 is 1.58 bits per heavy atom. The van der Waals surface area contributed by atoms with E-state index in [4.69, 9.17) is 9.47 Å². The topological polar surface area (TPSA) is 66.1 Å². The molecule has 4 aromatic carbocycles. The Morgan fingerprint density at radius 2 is 1.08 bits per heavy atom. The molecule has 0 atom stereocenters. The van der Waals surface area contributed by atoms with Gasteiger partial charge in [0.1, 0.15) is 11.4 Å². The van der Waals surface area contributed by atoms with Crippen molar-refractivity contribution in [3.8, 4) is 11.4 Å². The van der Waals surface area contributed by atoms with Crippen molar-refractivity contribution < 1.29 is 99.4 Å². The zero-order valence-corrected chi connectivity index (χ0v) is 43.3. The standard InChI is InChI=1S/C19H25BN2.C19H23N2.2C4H8O.C4H10.HI.K.H2O/c1-4-5-12-21-16-8-6-7-9-17(16)22(19(21)20)18-13-14(2)10-11-15(18)3;1-4-5-12-20-14-21(18-9-7-6-8-17(18)20)19-13-15(2)10-11-16(19)3;2*1-2-4-5-3-1;1-4(2)3;;;/h6-11,13H,4-5,12H2,1-3,20H3;6-11,13-14H,4-5,12H2,1-3H3;2*1-4H2;4H,1-3H3;1H;;1H2/q;+1;;;;;+1;/p-2. The van der Waals surface area contributed by atoms with Crippen LogP contribution in [0.5, 0.6) is 0 Å². The van der Waals surface area contributed by atoms with E-state index in [1.807, 2.05) is 0 Å². The second kappa shape index (κ2) is 30.3. The van der Waals surface area contributed by atoms with Gasteiger partial charge in [-0.3, -0.25) is 4.57 Å². The molecule has 7 nitrogen and oxygen atoms in total. The van der Waals surface area contributed by atoms with Crippen LogP contribution in [-0.4, -0.2) is 48.9 Å². The number of unbranched alkanes of at least 4 members (excludes halogenated alkanes) is 2. The van der Waals surface area contributed by atoms with Crippen LogP contribution in [0.25, 0.3) is 33.4 Å². The number of aromatic nitrogens is 4. The zero-order valence-electron chi connectivity index (χ0n) is 38.1. The second-order valence-electron chi connectivity index (χ2n) is 15.9. The van der Waals surface area contributed by atoms with E-state index in [0.717, 1.165) is 45.4 Å². The number of ether oxygens (including phenoxy) is 2. The fraction of sp³-hybridized carbons (Fsp3) is 0.480. The largest absolute Gasteiger partial charge is 1.00 e. The number of rotatable bonds is 8. The predicted octanol–water partition coefficient (Wildman–Crippen LogP) is 3.75. The van der Waals surface area contributed by atoms with Crippen molar-refractivity contribution in [3.63, 3.8) is 0 Å². The number of fused-ring (bicyclic) bond motifs is 2. The zero-order chi connectivity index (χ0) is 41.2. The molecule has 60 heavy (non-hydrogen) atoms. The van der Waals surface area contributed by atoms with E-state index in [-0.39, 0.29) is 88.7 Å². The van der Waals surface area contributed by atoms with Crippen molar-refractivity contribution >= 4 is 35.6 Å². The minimum absolute atomic E-state index is 0. The monoisotopic (exact) mass is 956 g/mol. The van der Waals surface area contributed by atoms with Gasteiger partial charge in [0.05, 0.1) is 26.7 Å². The van der Waals surface area contributed by atoms with E-state index in [2.05, 4.69) is 172 Å². The Bertz CT molecular complexity index is 2080. The maximum absolute atomic E-state index is 4.94. The molecule has 0 saturated carbocycles. The maximum Gasteiger partial charge on any atom is 1.00 e. The number of hydrogen-bond donors (Lipinski definition) is 0. The van der Waals surface area contributed by atoms with Gasteiger partial charge in [0.15, 0.2) is 22.1 Å². The Hall–Kier alpha value is -1.87. The van der Waals surface area contributed by atoms with Crippen molar-refractivity contribution in [1.29, 1.82) is 0 Å². The quantitative estimate of drug-likeness (QED) is 0.133. The molecule has 0 aliphatic carbocycles. The van der Waals surface area contributed by atoms with E-state index in [1.54, 1.807) is 5.72 Å². The second-order valence-corrected chi connectivity index (χ2v) is 15.9. The van der Waals surface area contributed by atoms with Gasteiger partial charge in [-0.15, -0.1) is 0 Å². The van der Waals surface area contributed by atoms with Crippen molar-refractivity contribution in [2.75, 3.05) is 26.4 Å². The number of imidazole rings is 2. The summed E-state index contributed by atoms with van der Waals surface area (Å²) < 4.78 is 19.7. The molecule has 2 aliphatic heterocycles. The molecule has 6 aromatic rings. The summed E-state index contributed by atoms with van der Waals surface area (Å²) >= 11 is 0. The van der Waals surface area contributed by atoms with Crippen molar-refractivity contribution in [1.82, 2.24) is 9.13 Å². The number of halogens is 1. The summed E-state index contributed by atoms with van der Waals surface area (Å²) in [4.78, 5) is 0. The maximum atomic E-state index is 4.94. The molecular formula is C50H75BIKN4O3. The summed E-state index contributed by atoms with van der Waals surface area (Å²) in [5.74, 6) is 0.833. The van der Waals surface area contributed by atoms with Gasteiger partial charge in [-0.2, -0.15) is 4.57 Å². The molecule has 2 aromatic heterocycles. The van der Waals surface area contributed by atoms with Crippen molar-refractivity contribution in [2.45, 2.75) is 127 Å². The van der Waals surface area contributed by atoms with E-state index in [9.17, 15) is 0 Å². The number of hydrogen-bond acceptors (Lipinski definition) is 3. The summed E-state index contributed by atoms with van der Waals surface area (Å²) in [6.07, 6.45) is 12.3. The van der Waals surface area contributed by atoms with E-state index in [0.29, 0.717) is 0 Å². The number of benzene rings is 4. The summed E-state index contributed by atoms with van der Waals surface area (Å²) in [7, 11) is 0.0835. The van der Waals surface area contributed by atoms with Gasteiger partial charge < -0.3 is 38.9 Å². The van der Waals surface area contributed by atoms with Gasteiger partial charge in [0.2, 0.25) is 6.33 Å². The number of aryl methyl sites for hydroxylation is 6. The van der Waals surface area contributed by atoms with Crippen LogP contribution in [0.2, 0.25) is 0 Å². The normalized spacial score (nSPS) is 12.7. The van der Waals surface area contributed by atoms with Crippen molar-refractivity contribution in [3.05, 3.63) is 114 Å². The molecule has 4 heterocycles. The molecule has 2 aliphatic rings. The van der Waals surface area contributed by atoms with E-state index >= 15 is 0 Å². The molecule has 0 amide bonds. The Labute approximate surface area is 423 Å². The summed E-state index contributed by atoms with van der Waals surface area (Å²) in [5, 5.41) is 0. The Balaban J connectivity index is 0.000000437. The third-order valence-electron chi connectivity index (χ3n) is 9.71. The van der Waals surface area contributed by atoms with Gasteiger partial charge in [0, 0.05) is 26.4 Å². The van der Waals surface area contributed by atoms with Crippen LogP contribution in [-0.2, 0) is 22.6 Å². The minimum Gasteiger partial charge on any atom is -1.00 e. The fourth-order valence-electron chi connectivity index (χ4n) is 6.61. The fourth-order valence-corrected chi connectivity index (χ4v) is 6.61. The molecular weight excluding hydrogens is 881 g/mol. The van der Waals surface area contributed by atoms with Crippen LogP contribution < -0.4 is 90.2 Å². The first kappa shape index (κ1) is 56.1. The van der Waals surface area contributed by atoms with Crippen LogP contribution in [0.15, 0.2) is 91.3 Å². The predicted molar refractivity (Wildman–Crippen MR) is 248 cm³/mol. The molecule has 1 N–H and O–H groups in total. The first-order valence-electron chi connectivity index (χ1n) is 21.4. The minimum atomic E-state index is 0. The van der Waals surface area contributed by atoms with Crippen LogP contribution >= 0.6 is 0 Å². The van der Waals surface area contributed by atoms with Gasteiger partial charge in [-0.05, 0) is 131 Å². The molecule has 0 spiro atoms. The summed E-state index contributed by atoms with van der Waals surface area (Å²) in [5.41, 5.74) is 14.8. The van der Waals surface area contributed by atoms with Gasteiger partial charge in [-0.1, -0.05) is 96.0 Å². The average Bonchev–Trinajstić information content (AvgIpc) is 4.05. The molecule has 2 saturated heterocycles. The van der Waals surface area contributed by atoms with E-state index < -0.39 is 0 Å². The summed E-state index contributed by atoms with van der Waals surface area (Å²) in [6.45, 7) is 26.0. The molecule has 0 bridgehead atoms. The Kier molecular flexibility index (Phi) is 28.3. The van der Waals surface area contributed by atoms with Crippen molar-refractivity contribution in [2.24, 2.45) is 5.92 Å². The summed E-state index contributed by atoms with van der Waals surface area (Å²) in [6, 6.07) is 31.0. The van der Waals surface area contributed by atoms with Crippen LogP contribution in [0.4, 0.5) is 0 Å². The van der Waals surface area contributed by atoms with Crippen LogP contribution in [0.3, 0.4) is 0 Å². The van der Waals surface area contributed by atoms with Gasteiger partial charge in [0.25, 0.3) is 0 Å². The SMILES string of the molecule is C1CCOC1.C1CCOC1.CC(C)C.CCCC[n+]1cn(-c2cc(C)ccc2C)c2ccccc21.[BH3-]c1n(-c2cc(C)ccc2C)c2ccccc2[n+]1CCCC.[I-].[K+].[OH-]. The van der Waals surface area contributed by atoms with E-state index in [1.165, 1.54) is 107 Å². The first-order chi connectivity index (χ1) is 27.6. The molecule has 8 rings (SSSR count). The van der Waals surface area contributed by atoms with Crippen LogP contribution in [0.1, 0.15) is 108 Å². The number of para-hydroxylation sites is 4. The molecule has 10 heteroatoms. The Morgan fingerprint density at radius 1 is 0.633 bits per heavy atom. The third-order valence-corrected chi connectivity index (χ3v) is 9.71. The first-order valence-corrected chi connectivity index (χ1v) is 21.4. The van der Waals surface area contributed by atoms with Gasteiger partial charge in [-0.25, -0.2) is 9.13 Å². The average molecular weight is 957 g/mol. The third kappa shape index (κ3) is 17.0. The smallest absolute Gasteiger partial charge is 1.00 e. The van der Waals surface area contributed by atoms with Crippen LogP contribution in [0, 0.1) is 33.6 Å². The molecule has 2 fully saturated rings. The molecule has 0 unspecified atom stereocenters. The number of nitrogens with zero attached hydrogens (tertiary/aromatic N) is 4. The molecule has 0 radical (unpaired) electrons. The molecule has 324 valence electrons.